The highest BCUT2D eigenvalue weighted by molar-refractivity contribution is 9.10. The van der Waals surface area contributed by atoms with Crippen molar-refractivity contribution in [1.82, 2.24) is 5.32 Å². The van der Waals surface area contributed by atoms with Gasteiger partial charge in [0.05, 0.1) is 18.2 Å². The Morgan fingerprint density at radius 3 is 2.79 bits per heavy atom. The number of nitrogens with one attached hydrogen (secondary N) is 1. The van der Waals surface area contributed by atoms with Crippen molar-refractivity contribution in [2.75, 3.05) is 33.5 Å². The number of unbranched alkanes of at least 4 members (excludes halogenated alkanes) is 1. The molecule has 0 saturated carbocycles. The highest BCUT2D eigenvalue weighted by Gasteiger charge is 1.98. The fraction of sp³-hybridized carbons (Fsp3) is 0.571. The van der Waals surface area contributed by atoms with Crippen LogP contribution in [0, 0.1) is 0 Å². The van der Waals surface area contributed by atoms with Gasteiger partial charge >= 0.3 is 0 Å². The van der Waals surface area contributed by atoms with Crippen molar-refractivity contribution in [3.05, 3.63) is 33.3 Å². The van der Waals surface area contributed by atoms with E-state index in [-0.39, 0.29) is 0 Å². The van der Waals surface area contributed by atoms with Gasteiger partial charge in [-0.25, -0.2) is 0 Å². The van der Waals surface area contributed by atoms with Crippen molar-refractivity contribution in [2.24, 2.45) is 0 Å². The summed E-state index contributed by atoms with van der Waals surface area (Å²) in [5.41, 5.74) is 1.23. The van der Waals surface area contributed by atoms with Crippen molar-refractivity contribution in [2.45, 2.75) is 19.4 Å². The molecule has 1 aromatic rings. The molecule has 0 heterocycles. The predicted octanol–water partition coefficient (Wildman–Crippen LogP) is 3.64. The van der Waals surface area contributed by atoms with E-state index in [1.165, 1.54) is 5.56 Å². The first-order chi connectivity index (χ1) is 9.24. The first-order valence-electron chi connectivity index (χ1n) is 6.45. The van der Waals surface area contributed by atoms with Gasteiger partial charge in [-0.3, -0.25) is 0 Å². The zero-order valence-electron chi connectivity index (χ0n) is 11.3. The van der Waals surface area contributed by atoms with Crippen molar-refractivity contribution < 1.29 is 9.47 Å². The molecule has 5 heteroatoms. The van der Waals surface area contributed by atoms with Gasteiger partial charge in [-0.1, -0.05) is 17.7 Å². The fourth-order valence-corrected chi connectivity index (χ4v) is 2.12. The molecule has 108 valence electrons. The molecule has 0 amide bonds. The summed E-state index contributed by atoms with van der Waals surface area (Å²) in [5, 5.41) is 4.15. The van der Waals surface area contributed by atoms with Gasteiger partial charge in [0.25, 0.3) is 0 Å². The summed E-state index contributed by atoms with van der Waals surface area (Å²) in [6.07, 6.45) is 2.18. The van der Waals surface area contributed by atoms with Crippen molar-refractivity contribution in [1.29, 1.82) is 0 Å². The molecule has 0 aliphatic heterocycles. The van der Waals surface area contributed by atoms with E-state index in [0.717, 1.165) is 42.0 Å². The van der Waals surface area contributed by atoms with E-state index in [4.69, 9.17) is 21.1 Å². The van der Waals surface area contributed by atoms with Gasteiger partial charge in [0.2, 0.25) is 0 Å². The number of hydrogen-bond donors (Lipinski definition) is 1. The predicted molar refractivity (Wildman–Crippen MR) is 82.8 cm³/mol. The van der Waals surface area contributed by atoms with E-state index in [1.807, 2.05) is 18.2 Å². The summed E-state index contributed by atoms with van der Waals surface area (Å²) in [6, 6.07) is 5.99. The maximum absolute atomic E-state index is 5.95. The number of rotatable bonds is 10. The zero-order valence-corrected chi connectivity index (χ0v) is 13.6. The molecule has 1 N–H and O–H groups in total. The number of ether oxygens (including phenoxy) is 2. The molecular formula is C14H21BrClNO2. The molecule has 0 aliphatic carbocycles. The quantitative estimate of drug-likeness (QED) is 0.654. The largest absolute Gasteiger partial charge is 0.382 e. The maximum Gasteiger partial charge on any atom is 0.0700 e. The number of halogens is 2. The van der Waals surface area contributed by atoms with Gasteiger partial charge in [-0.05, 0) is 53.0 Å². The average Bonchev–Trinajstić information content (AvgIpc) is 2.41. The lowest BCUT2D eigenvalue weighted by Gasteiger charge is -2.07. The van der Waals surface area contributed by atoms with Gasteiger partial charge in [-0.2, -0.15) is 0 Å². The third-order valence-corrected chi connectivity index (χ3v) is 3.85. The Hall–Kier alpha value is -0.130. The van der Waals surface area contributed by atoms with E-state index in [1.54, 1.807) is 7.11 Å². The Morgan fingerprint density at radius 1 is 1.21 bits per heavy atom. The van der Waals surface area contributed by atoms with E-state index in [0.29, 0.717) is 13.2 Å². The van der Waals surface area contributed by atoms with Crippen LogP contribution in [0.1, 0.15) is 18.4 Å². The summed E-state index contributed by atoms with van der Waals surface area (Å²) in [4.78, 5) is 0. The third-order valence-electron chi connectivity index (χ3n) is 2.64. The smallest absolute Gasteiger partial charge is 0.0700 e. The highest BCUT2D eigenvalue weighted by atomic mass is 79.9. The van der Waals surface area contributed by atoms with Gasteiger partial charge in [0.1, 0.15) is 0 Å². The van der Waals surface area contributed by atoms with Crippen LogP contribution in [0.15, 0.2) is 22.7 Å². The van der Waals surface area contributed by atoms with Crippen LogP contribution in [0.3, 0.4) is 0 Å². The zero-order chi connectivity index (χ0) is 13.9. The Kier molecular flexibility index (Phi) is 9.47. The lowest BCUT2D eigenvalue weighted by Crippen LogP contribution is -2.15. The number of methoxy groups -OCH3 is 1. The van der Waals surface area contributed by atoms with Crippen molar-refractivity contribution >= 4 is 27.5 Å². The monoisotopic (exact) mass is 349 g/mol. The minimum atomic E-state index is 0.670. The summed E-state index contributed by atoms with van der Waals surface area (Å²) in [5.74, 6) is 0. The van der Waals surface area contributed by atoms with Crippen molar-refractivity contribution in [3.8, 4) is 0 Å². The maximum atomic E-state index is 5.95. The van der Waals surface area contributed by atoms with Gasteiger partial charge in [0, 0.05) is 24.7 Å². The van der Waals surface area contributed by atoms with Crippen LogP contribution < -0.4 is 5.32 Å². The van der Waals surface area contributed by atoms with Crippen LogP contribution in [0.2, 0.25) is 5.02 Å². The Morgan fingerprint density at radius 2 is 2.05 bits per heavy atom. The first-order valence-corrected chi connectivity index (χ1v) is 7.62. The standard InChI is InChI=1S/C14H21BrClNO2/c1-18-8-9-19-7-3-2-6-17-11-12-4-5-14(16)13(15)10-12/h4-5,10,17H,2-3,6-9,11H2,1H3. The second-order valence-corrected chi connectivity index (χ2v) is 5.50. The topological polar surface area (TPSA) is 30.5 Å². The van der Waals surface area contributed by atoms with Gasteiger partial charge in [0.15, 0.2) is 0 Å². The number of hydrogen-bond acceptors (Lipinski definition) is 3. The van der Waals surface area contributed by atoms with E-state index < -0.39 is 0 Å². The molecule has 0 bridgehead atoms. The molecule has 0 saturated heterocycles. The second kappa shape index (κ2) is 10.6. The lowest BCUT2D eigenvalue weighted by molar-refractivity contribution is 0.0688. The van der Waals surface area contributed by atoms with Crippen LogP contribution in [-0.4, -0.2) is 33.5 Å². The van der Waals surface area contributed by atoms with E-state index in [9.17, 15) is 0 Å². The molecule has 0 radical (unpaired) electrons. The summed E-state index contributed by atoms with van der Waals surface area (Å²) >= 11 is 9.37. The SMILES string of the molecule is COCCOCCCCNCc1ccc(Cl)c(Br)c1. The highest BCUT2D eigenvalue weighted by Crippen LogP contribution is 2.22. The average molecular weight is 351 g/mol. The Balaban J connectivity index is 2.00. The molecule has 0 atom stereocenters. The molecule has 3 nitrogen and oxygen atoms in total. The van der Waals surface area contributed by atoms with Gasteiger partial charge < -0.3 is 14.8 Å². The Bertz CT molecular complexity index is 363. The fourth-order valence-electron chi connectivity index (χ4n) is 1.58. The first kappa shape index (κ1) is 16.9. The number of benzene rings is 1. The Labute approximate surface area is 128 Å². The second-order valence-electron chi connectivity index (χ2n) is 4.24. The van der Waals surface area contributed by atoms with Crippen LogP contribution in [0.25, 0.3) is 0 Å². The van der Waals surface area contributed by atoms with Crippen molar-refractivity contribution in [3.63, 3.8) is 0 Å². The molecule has 0 aromatic heterocycles. The summed E-state index contributed by atoms with van der Waals surface area (Å²) in [7, 11) is 1.68. The van der Waals surface area contributed by atoms with E-state index >= 15 is 0 Å². The van der Waals surface area contributed by atoms with E-state index in [2.05, 4.69) is 21.2 Å². The molecule has 1 rings (SSSR count). The summed E-state index contributed by atoms with van der Waals surface area (Å²) in [6.45, 7) is 4.01. The third kappa shape index (κ3) is 7.90. The molecule has 0 aliphatic rings. The summed E-state index contributed by atoms with van der Waals surface area (Å²) < 4.78 is 11.2. The van der Waals surface area contributed by atoms with Crippen LogP contribution in [-0.2, 0) is 16.0 Å². The minimum absolute atomic E-state index is 0.670. The molecule has 1 aromatic carbocycles. The minimum Gasteiger partial charge on any atom is -0.382 e. The van der Waals surface area contributed by atoms with Crippen LogP contribution >= 0.6 is 27.5 Å². The van der Waals surface area contributed by atoms with Crippen LogP contribution in [0.4, 0.5) is 0 Å². The lowest BCUT2D eigenvalue weighted by atomic mass is 10.2. The molecule has 0 spiro atoms. The normalized spacial score (nSPS) is 10.9. The molecule has 19 heavy (non-hydrogen) atoms. The molecule has 0 unspecified atom stereocenters. The molecular weight excluding hydrogens is 330 g/mol. The van der Waals surface area contributed by atoms with Crippen LogP contribution in [0.5, 0.6) is 0 Å². The molecule has 0 fully saturated rings. The van der Waals surface area contributed by atoms with Gasteiger partial charge in [-0.15, -0.1) is 0 Å².